The van der Waals surface area contributed by atoms with E-state index in [2.05, 4.69) is 10.6 Å². The number of carbonyl (C=O) groups is 3. The zero-order valence-corrected chi connectivity index (χ0v) is 11.5. The van der Waals surface area contributed by atoms with Crippen LogP contribution in [-0.4, -0.2) is 23.9 Å². The van der Waals surface area contributed by atoms with Crippen molar-refractivity contribution in [1.82, 2.24) is 10.6 Å². The van der Waals surface area contributed by atoms with Gasteiger partial charge in [0.15, 0.2) is 0 Å². The zero-order valence-electron chi connectivity index (χ0n) is 11.5. The Balaban J connectivity index is 2.28. The van der Waals surface area contributed by atoms with Gasteiger partial charge >= 0.3 is 6.09 Å². The molecule has 0 aliphatic carbocycles. The number of hydrogen-bond donors (Lipinski definition) is 2. The maximum absolute atomic E-state index is 11.5. The predicted octanol–water partition coefficient (Wildman–Crippen LogP) is 1.35. The Bertz CT molecular complexity index is 473. The van der Waals surface area contributed by atoms with Gasteiger partial charge in [-0.05, 0) is 12.5 Å². The minimum Gasteiger partial charge on any atom is -0.445 e. The highest BCUT2D eigenvalue weighted by atomic mass is 16.5. The van der Waals surface area contributed by atoms with Crippen molar-refractivity contribution in [3.05, 3.63) is 35.9 Å². The summed E-state index contributed by atoms with van der Waals surface area (Å²) in [5, 5.41) is 4.66. The fraction of sp³-hybridized carbons (Fsp3) is 0.357. The minimum absolute atomic E-state index is 0.0139. The number of nitrogens with one attached hydrogen (secondary N) is 2. The quantitative estimate of drug-likeness (QED) is 0.851. The van der Waals surface area contributed by atoms with Crippen LogP contribution in [0, 0.1) is 0 Å². The molecule has 0 bridgehead atoms. The second kappa shape index (κ2) is 7.93. The summed E-state index contributed by atoms with van der Waals surface area (Å²) >= 11 is 0. The van der Waals surface area contributed by atoms with Crippen LogP contribution in [0.3, 0.4) is 0 Å². The van der Waals surface area contributed by atoms with Crippen LogP contribution in [0.2, 0.25) is 0 Å². The Morgan fingerprint density at radius 3 is 2.45 bits per heavy atom. The summed E-state index contributed by atoms with van der Waals surface area (Å²) in [6.45, 7) is 3.08. The molecule has 3 amide bonds. The second-order valence-corrected chi connectivity index (χ2v) is 4.42. The summed E-state index contributed by atoms with van der Waals surface area (Å²) in [6, 6.07) is 8.85. The first-order valence-electron chi connectivity index (χ1n) is 6.25. The number of ether oxygens (including phenoxy) is 1. The number of benzene rings is 1. The van der Waals surface area contributed by atoms with Gasteiger partial charge in [0.25, 0.3) is 0 Å². The number of rotatable bonds is 5. The normalized spacial score (nSPS) is 11.3. The van der Waals surface area contributed by atoms with Gasteiger partial charge in [0.05, 0.1) is 0 Å². The van der Waals surface area contributed by atoms with Crippen molar-refractivity contribution in [1.29, 1.82) is 0 Å². The largest absolute Gasteiger partial charge is 0.445 e. The van der Waals surface area contributed by atoms with Crippen molar-refractivity contribution in [2.24, 2.45) is 0 Å². The third-order valence-electron chi connectivity index (χ3n) is 2.38. The van der Waals surface area contributed by atoms with E-state index >= 15 is 0 Å². The van der Waals surface area contributed by atoms with E-state index < -0.39 is 23.9 Å². The molecule has 0 fully saturated rings. The van der Waals surface area contributed by atoms with Crippen molar-refractivity contribution in [3.63, 3.8) is 0 Å². The van der Waals surface area contributed by atoms with Gasteiger partial charge in [-0.3, -0.25) is 14.9 Å². The lowest BCUT2D eigenvalue weighted by Gasteiger charge is -2.13. The van der Waals surface area contributed by atoms with E-state index in [0.717, 1.165) is 5.56 Å². The Labute approximate surface area is 117 Å². The van der Waals surface area contributed by atoms with Crippen molar-refractivity contribution < 1.29 is 19.1 Å². The van der Waals surface area contributed by atoms with E-state index in [0.29, 0.717) is 0 Å². The number of alkyl carbamates (subject to hydrolysis) is 1. The zero-order chi connectivity index (χ0) is 15.0. The van der Waals surface area contributed by atoms with E-state index in [1.54, 1.807) is 6.92 Å². The van der Waals surface area contributed by atoms with Gasteiger partial charge < -0.3 is 10.1 Å². The average molecular weight is 278 g/mol. The van der Waals surface area contributed by atoms with Crippen molar-refractivity contribution in [3.8, 4) is 0 Å². The highest BCUT2D eigenvalue weighted by molar-refractivity contribution is 5.94. The number of hydrogen-bond acceptors (Lipinski definition) is 4. The highest BCUT2D eigenvalue weighted by Gasteiger charge is 2.13. The lowest BCUT2D eigenvalue weighted by molar-refractivity contribution is -0.129. The molecule has 1 aromatic carbocycles. The van der Waals surface area contributed by atoms with Gasteiger partial charge in [0.2, 0.25) is 11.8 Å². The molecule has 1 aromatic rings. The first kappa shape index (κ1) is 15.7. The van der Waals surface area contributed by atoms with E-state index in [-0.39, 0.29) is 13.0 Å². The predicted molar refractivity (Wildman–Crippen MR) is 72.7 cm³/mol. The monoisotopic (exact) mass is 278 g/mol. The first-order chi connectivity index (χ1) is 9.47. The molecule has 0 saturated carbocycles. The Morgan fingerprint density at radius 2 is 1.85 bits per heavy atom. The molecule has 1 atom stereocenters. The van der Waals surface area contributed by atoms with Crippen LogP contribution >= 0.6 is 0 Å². The van der Waals surface area contributed by atoms with Gasteiger partial charge in [-0.25, -0.2) is 4.79 Å². The highest BCUT2D eigenvalue weighted by Crippen LogP contribution is 2.01. The smallest absolute Gasteiger partial charge is 0.407 e. The molecule has 1 rings (SSSR count). The van der Waals surface area contributed by atoms with Crippen LogP contribution in [-0.2, 0) is 20.9 Å². The Morgan fingerprint density at radius 1 is 1.20 bits per heavy atom. The minimum atomic E-state index is -0.600. The van der Waals surface area contributed by atoms with Gasteiger partial charge in [-0.2, -0.15) is 0 Å². The molecule has 0 heterocycles. The summed E-state index contributed by atoms with van der Waals surface area (Å²) in [7, 11) is 0. The molecule has 0 spiro atoms. The van der Waals surface area contributed by atoms with Crippen LogP contribution < -0.4 is 10.6 Å². The second-order valence-electron chi connectivity index (χ2n) is 4.42. The maximum Gasteiger partial charge on any atom is 0.407 e. The molecule has 0 aromatic heterocycles. The third-order valence-corrected chi connectivity index (χ3v) is 2.38. The summed E-state index contributed by atoms with van der Waals surface area (Å²) in [5.41, 5.74) is 0.879. The molecule has 2 N–H and O–H groups in total. The molecular formula is C14H18N2O4. The van der Waals surface area contributed by atoms with Gasteiger partial charge in [-0.15, -0.1) is 0 Å². The SMILES string of the molecule is CC(=O)NC(=O)CC(C)NC(=O)OCc1ccccc1. The molecular weight excluding hydrogens is 260 g/mol. The summed E-state index contributed by atoms with van der Waals surface area (Å²) in [5.74, 6) is -0.859. The number of imide groups is 1. The van der Waals surface area contributed by atoms with Crippen LogP contribution in [0.5, 0.6) is 0 Å². The molecule has 1 unspecified atom stereocenters. The lowest BCUT2D eigenvalue weighted by Crippen LogP contribution is -2.38. The molecule has 6 heteroatoms. The molecule has 20 heavy (non-hydrogen) atoms. The third kappa shape index (κ3) is 6.53. The van der Waals surface area contributed by atoms with Crippen LogP contribution in [0.4, 0.5) is 4.79 Å². The Hall–Kier alpha value is -2.37. The van der Waals surface area contributed by atoms with Crippen molar-refractivity contribution in [2.75, 3.05) is 0 Å². The summed E-state index contributed by atoms with van der Waals surface area (Å²) in [6.07, 6.45) is -0.586. The fourth-order valence-electron chi connectivity index (χ4n) is 1.54. The molecule has 0 radical (unpaired) electrons. The van der Waals surface area contributed by atoms with E-state index in [4.69, 9.17) is 4.74 Å². The fourth-order valence-corrected chi connectivity index (χ4v) is 1.54. The first-order valence-corrected chi connectivity index (χ1v) is 6.25. The van der Waals surface area contributed by atoms with Gasteiger partial charge in [0.1, 0.15) is 6.61 Å². The van der Waals surface area contributed by atoms with E-state index in [9.17, 15) is 14.4 Å². The maximum atomic E-state index is 11.5. The van der Waals surface area contributed by atoms with Crippen molar-refractivity contribution >= 4 is 17.9 Å². The standard InChI is InChI=1S/C14H18N2O4/c1-10(8-13(18)16-11(2)17)15-14(19)20-9-12-6-4-3-5-7-12/h3-7,10H,8-9H2,1-2H3,(H,15,19)(H,16,17,18). The van der Waals surface area contributed by atoms with Gasteiger partial charge in [0, 0.05) is 19.4 Å². The van der Waals surface area contributed by atoms with E-state index in [1.165, 1.54) is 6.92 Å². The summed E-state index contributed by atoms with van der Waals surface area (Å²) < 4.78 is 5.01. The van der Waals surface area contributed by atoms with Crippen molar-refractivity contribution in [2.45, 2.75) is 32.9 Å². The molecule has 0 aliphatic heterocycles. The molecule has 0 saturated heterocycles. The lowest BCUT2D eigenvalue weighted by atomic mass is 10.2. The van der Waals surface area contributed by atoms with Gasteiger partial charge in [-0.1, -0.05) is 30.3 Å². The summed E-state index contributed by atoms with van der Waals surface area (Å²) in [4.78, 5) is 33.5. The number of carbonyl (C=O) groups excluding carboxylic acids is 3. The number of amides is 3. The molecule has 6 nitrogen and oxygen atoms in total. The Kier molecular flexibility index (Phi) is 6.22. The molecule has 108 valence electrons. The van der Waals surface area contributed by atoms with Crippen LogP contribution in [0.15, 0.2) is 30.3 Å². The van der Waals surface area contributed by atoms with Crippen LogP contribution in [0.25, 0.3) is 0 Å². The van der Waals surface area contributed by atoms with Crippen LogP contribution in [0.1, 0.15) is 25.8 Å². The topological polar surface area (TPSA) is 84.5 Å². The van der Waals surface area contributed by atoms with E-state index in [1.807, 2.05) is 30.3 Å². The average Bonchev–Trinajstić information content (AvgIpc) is 2.36. The molecule has 0 aliphatic rings.